The summed E-state index contributed by atoms with van der Waals surface area (Å²) in [5.74, 6) is 1.03. The molecule has 0 spiro atoms. The van der Waals surface area contributed by atoms with Crippen LogP contribution in [0.4, 0.5) is 0 Å². The van der Waals surface area contributed by atoms with Crippen molar-refractivity contribution >= 4 is 26.7 Å². The number of halogens is 1. The van der Waals surface area contributed by atoms with Crippen molar-refractivity contribution in [2.45, 2.75) is 4.90 Å². The van der Waals surface area contributed by atoms with Crippen LogP contribution in [0.15, 0.2) is 57.9 Å². The van der Waals surface area contributed by atoms with E-state index in [0.29, 0.717) is 23.7 Å². The Kier molecular flexibility index (Phi) is 5.33. The molecule has 1 atom stereocenters. The van der Waals surface area contributed by atoms with E-state index >= 15 is 0 Å². The van der Waals surface area contributed by atoms with Crippen molar-refractivity contribution < 1.29 is 8.95 Å². The Morgan fingerprint density at radius 3 is 2.75 bits per heavy atom. The highest BCUT2D eigenvalue weighted by Crippen LogP contribution is 2.16. The molecule has 2 rings (SSSR count). The van der Waals surface area contributed by atoms with Gasteiger partial charge in [0, 0.05) is 9.37 Å². The summed E-state index contributed by atoms with van der Waals surface area (Å²) >= 11 is 3.35. The zero-order valence-corrected chi connectivity index (χ0v) is 13.0. The molecule has 20 heavy (non-hydrogen) atoms. The summed E-state index contributed by atoms with van der Waals surface area (Å²) in [5.41, 5.74) is 0.551. The van der Waals surface area contributed by atoms with Crippen LogP contribution in [-0.2, 0) is 10.8 Å². The van der Waals surface area contributed by atoms with Gasteiger partial charge in [-0.15, -0.1) is 0 Å². The van der Waals surface area contributed by atoms with Gasteiger partial charge in [0.1, 0.15) is 12.4 Å². The molecule has 102 valence electrons. The molecule has 5 heteroatoms. The lowest BCUT2D eigenvalue weighted by Crippen LogP contribution is -2.08. The average Bonchev–Trinajstić information content (AvgIpc) is 2.47. The van der Waals surface area contributed by atoms with Crippen LogP contribution in [0.5, 0.6) is 5.75 Å². The van der Waals surface area contributed by atoms with Crippen molar-refractivity contribution in [3.05, 3.63) is 58.6 Å². The first-order valence-corrected chi connectivity index (χ1v) is 8.07. The Bertz CT molecular complexity index is 667. The van der Waals surface area contributed by atoms with Crippen LogP contribution in [0.3, 0.4) is 0 Å². The highest BCUT2D eigenvalue weighted by molar-refractivity contribution is 9.10. The van der Waals surface area contributed by atoms with Crippen LogP contribution in [0.25, 0.3) is 0 Å². The first kappa shape index (κ1) is 14.8. The van der Waals surface area contributed by atoms with Gasteiger partial charge in [-0.25, -0.2) is 0 Å². The standard InChI is InChI=1S/C15H12BrNO2S/c16-13-4-2-6-15(10-13)20(18)8-7-19-14-5-1-3-12(9-14)11-17/h1-6,9-10H,7-8H2. The zero-order chi connectivity index (χ0) is 14.4. The van der Waals surface area contributed by atoms with E-state index in [0.717, 1.165) is 9.37 Å². The number of hydrogen-bond acceptors (Lipinski definition) is 3. The molecule has 0 radical (unpaired) electrons. The van der Waals surface area contributed by atoms with Gasteiger partial charge in [-0.2, -0.15) is 5.26 Å². The summed E-state index contributed by atoms with van der Waals surface area (Å²) in [5, 5.41) is 8.79. The summed E-state index contributed by atoms with van der Waals surface area (Å²) in [4.78, 5) is 0.772. The van der Waals surface area contributed by atoms with Gasteiger partial charge in [-0.1, -0.05) is 28.1 Å². The van der Waals surface area contributed by atoms with Crippen LogP contribution in [0.2, 0.25) is 0 Å². The van der Waals surface area contributed by atoms with E-state index in [9.17, 15) is 4.21 Å². The summed E-state index contributed by atoms with van der Waals surface area (Å²) in [6, 6.07) is 16.4. The SMILES string of the molecule is N#Cc1cccc(OCCS(=O)c2cccc(Br)c2)c1. The maximum absolute atomic E-state index is 12.1. The number of hydrogen-bond donors (Lipinski definition) is 0. The van der Waals surface area contributed by atoms with E-state index in [1.54, 1.807) is 24.3 Å². The van der Waals surface area contributed by atoms with Crippen molar-refractivity contribution in [2.24, 2.45) is 0 Å². The lowest BCUT2D eigenvalue weighted by atomic mass is 10.2. The molecule has 0 amide bonds. The molecule has 0 saturated carbocycles. The molecule has 2 aromatic carbocycles. The molecule has 3 nitrogen and oxygen atoms in total. The molecule has 0 saturated heterocycles. The number of ether oxygens (including phenoxy) is 1. The van der Waals surface area contributed by atoms with Crippen molar-refractivity contribution in [3.63, 3.8) is 0 Å². The Morgan fingerprint density at radius 2 is 2.00 bits per heavy atom. The zero-order valence-electron chi connectivity index (χ0n) is 10.6. The second-order valence-electron chi connectivity index (χ2n) is 4.00. The normalized spacial score (nSPS) is 11.6. The van der Waals surface area contributed by atoms with Gasteiger partial charge in [0.05, 0.1) is 28.2 Å². The molecule has 0 fully saturated rings. The highest BCUT2D eigenvalue weighted by atomic mass is 79.9. The summed E-state index contributed by atoms with van der Waals surface area (Å²) in [6.45, 7) is 0.341. The molecule has 0 aliphatic carbocycles. The van der Waals surface area contributed by atoms with Gasteiger partial charge in [-0.3, -0.25) is 4.21 Å². The molecular weight excluding hydrogens is 338 g/mol. The smallest absolute Gasteiger partial charge is 0.120 e. The van der Waals surface area contributed by atoms with E-state index in [1.807, 2.05) is 24.3 Å². The third-order valence-corrected chi connectivity index (χ3v) is 4.37. The van der Waals surface area contributed by atoms with Gasteiger partial charge in [-0.05, 0) is 36.4 Å². The topological polar surface area (TPSA) is 50.1 Å². The summed E-state index contributed by atoms with van der Waals surface area (Å²) in [6.07, 6.45) is 0. The quantitative estimate of drug-likeness (QED) is 0.829. The maximum atomic E-state index is 12.1. The van der Waals surface area contributed by atoms with Crippen molar-refractivity contribution in [2.75, 3.05) is 12.4 Å². The predicted octanol–water partition coefficient (Wildman–Crippen LogP) is 3.51. The Hall–Kier alpha value is -1.64. The van der Waals surface area contributed by atoms with Crippen molar-refractivity contribution in [1.29, 1.82) is 5.26 Å². The lowest BCUT2D eigenvalue weighted by molar-refractivity contribution is 0.342. The van der Waals surface area contributed by atoms with Crippen LogP contribution < -0.4 is 4.74 Å². The fourth-order valence-electron chi connectivity index (χ4n) is 1.62. The molecule has 0 aliphatic heterocycles. The Labute approximate surface area is 128 Å². The first-order valence-electron chi connectivity index (χ1n) is 5.96. The summed E-state index contributed by atoms with van der Waals surface area (Å²) in [7, 11) is -1.09. The fraction of sp³-hybridized carbons (Fsp3) is 0.133. The van der Waals surface area contributed by atoms with E-state index in [2.05, 4.69) is 22.0 Å². The minimum Gasteiger partial charge on any atom is -0.493 e. The number of benzene rings is 2. The number of nitriles is 1. The Balaban J connectivity index is 1.90. The Morgan fingerprint density at radius 1 is 1.20 bits per heavy atom. The third kappa shape index (κ3) is 4.19. The van der Waals surface area contributed by atoms with E-state index in [4.69, 9.17) is 10.00 Å². The van der Waals surface area contributed by atoms with Crippen molar-refractivity contribution in [3.8, 4) is 11.8 Å². The minimum atomic E-state index is -1.09. The molecule has 0 N–H and O–H groups in total. The fourth-order valence-corrected chi connectivity index (χ4v) is 3.13. The van der Waals surface area contributed by atoms with Crippen LogP contribution >= 0.6 is 15.9 Å². The van der Waals surface area contributed by atoms with Gasteiger partial charge in [0.25, 0.3) is 0 Å². The molecule has 0 aromatic heterocycles. The second kappa shape index (κ2) is 7.22. The molecule has 1 unspecified atom stereocenters. The largest absolute Gasteiger partial charge is 0.493 e. The first-order chi connectivity index (χ1) is 9.69. The van der Waals surface area contributed by atoms with Crippen LogP contribution in [0, 0.1) is 11.3 Å². The van der Waals surface area contributed by atoms with E-state index in [-0.39, 0.29) is 0 Å². The lowest BCUT2D eigenvalue weighted by Gasteiger charge is -2.06. The van der Waals surface area contributed by atoms with Gasteiger partial charge in [0.2, 0.25) is 0 Å². The van der Waals surface area contributed by atoms with Gasteiger partial charge >= 0.3 is 0 Å². The highest BCUT2D eigenvalue weighted by Gasteiger charge is 2.05. The molecule has 0 heterocycles. The molecule has 0 aliphatic rings. The minimum absolute atomic E-state index is 0.341. The number of rotatable bonds is 5. The van der Waals surface area contributed by atoms with Crippen LogP contribution in [0.1, 0.15) is 5.56 Å². The summed E-state index contributed by atoms with van der Waals surface area (Å²) < 4.78 is 18.5. The third-order valence-electron chi connectivity index (χ3n) is 2.56. The molecule has 0 bridgehead atoms. The average molecular weight is 350 g/mol. The second-order valence-corrected chi connectivity index (χ2v) is 6.48. The predicted molar refractivity (Wildman–Crippen MR) is 82.1 cm³/mol. The maximum Gasteiger partial charge on any atom is 0.120 e. The van der Waals surface area contributed by atoms with Crippen LogP contribution in [-0.4, -0.2) is 16.6 Å². The number of nitrogens with zero attached hydrogens (tertiary/aromatic N) is 1. The van der Waals surface area contributed by atoms with E-state index in [1.165, 1.54) is 0 Å². The van der Waals surface area contributed by atoms with Crippen molar-refractivity contribution in [1.82, 2.24) is 0 Å². The van der Waals surface area contributed by atoms with Gasteiger partial charge in [0.15, 0.2) is 0 Å². The molecule has 2 aromatic rings. The molecular formula is C15H12BrNO2S. The van der Waals surface area contributed by atoms with E-state index < -0.39 is 10.8 Å². The monoisotopic (exact) mass is 349 g/mol. The van der Waals surface area contributed by atoms with Gasteiger partial charge < -0.3 is 4.74 Å².